The van der Waals surface area contributed by atoms with Gasteiger partial charge in [0.05, 0.1) is 7.11 Å². The van der Waals surface area contributed by atoms with Gasteiger partial charge in [-0.3, -0.25) is 9.59 Å². The van der Waals surface area contributed by atoms with Crippen LogP contribution >= 0.6 is 0 Å². The number of aromatic nitrogens is 1. The Hall–Kier alpha value is -2.11. The van der Waals surface area contributed by atoms with Crippen molar-refractivity contribution in [2.24, 2.45) is 0 Å². The van der Waals surface area contributed by atoms with Crippen LogP contribution in [0.25, 0.3) is 0 Å². The smallest absolute Gasteiger partial charge is 0.328 e. The molecule has 2 N–H and O–H groups in total. The van der Waals surface area contributed by atoms with Crippen LogP contribution in [-0.2, 0) is 9.53 Å². The number of carbonyl (C=O) groups excluding carboxylic acids is 2. The molecule has 0 saturated carbocycles. The lowest BCUT2D eigenvalue weighted by molar-refractivity contribution is -0.142. The van der Waals surface area contributed by atoms with Gasteiger partial charge in [-0.25, -0.2) is 4.79 Å². The minimum atomic E-state index is -0.803. The van der Waals surface area contributed by atoms with E-state index in [4.69, 9.17) is 0 Å². The number of ether oxygens (including phenoxy) is 1. The predicted molar refractivity (Wildman–Crippen MR) is 65.5 cm³/mol. The van der Waals surface area contributed by atoms with Crippen LogP contribution in [0.5, 0.6) is 0 Å². The summed E-state index contributed by atoms with van der Waals surface area (Å²) < 4.78 is 4.49. The van der Waals surface area contributed by atoms with E-state index in [0.717, 1.165) is 0 Å². The second kappa shape index (κ2) is 5.48. The molecule has 0 aromatic carbocycles. The highest BCUT2D eigenvalue weighted by atomic mass is 16.5. The molecule has 1 aromatic rings. The third-order valence-electron chi connectivity index (χ3n) is 2.49. The first-order valence-electron chi connectivity index (χ1n) is 5.46. The van der Waals surface area contributed by atoms with E-state index in [-0.39, 0.29) is 5.56 Å². The van der Waals surface area contributed by atoms with Gasteiger partial charge in [-0.2, -0.15) is 0 Å². The summed E-state index contributed by atoms with van der Waals surface area (Å²) in [6.07, 6.45) is 0. The van der Waals surface area contributed by atoms with Gasteiger partial charge in [0.15, 0.2) is 0 Å². The Balaban J connectivity index is 2.99. The van der Waals surface area contributed by atoms with Crippen LogP contribution in [0.2, 0.25) is 0 Å². The van der Waals surface area contributed by atoms with Crippen LogP contribution in [0, 0.1) is 13.8 Å². The summed E-state index contributed by atoms with van der Waals surface area (Å²) in [4.78, 5) is 37.3. The molecule has 1 atom stereocenters. The van der Waals surface area contributed by atoms with E-state index in [1.807, 2.05) is 0 Å². The third kappa shape index (κ3) is 2.97. The summed E-state index contributed by atoms with van der Waals surface area (Å²) in [6.45, 7) is 4.88. The fraction of sp³-hybridized carbons (Fsp3) is 0.417. The molecule has 0 aliphatic carbocycles. The molecule has 0 aliphatic heterocycles. The number of pyridine rings is 1. The van der Waals surface area contributed by atoms with Crippen LogP contribution < -0.4 is 10.9 Å². The van der Waals surface area contributed by atoms with Crippen LogP contribution in [0.1, 0.15) is 28.5 Å². The van der Waals surface area contributed by atoms with Crippen LogP contribution in [0.15, 0.2) is 10.9 Å². The fourth-order valence-electron chi connectivity index (χ4n) is 1.64. The van der Waals surface area contributed by atoms with Gasteiger partial charge in [-0.1, -0.05) is 0 Å². The van der Waals surface area contributed by atoms with Gasteiger partial charge in [0, 0.05) is 5.69 Å². The summed E-state index contributed by atoms with van der Waals surface area (Å²) in [5.74, 6) is -1.16. The summed E-state index contributed by atoms with van der Waals surface area (Å²) in [7, 11) is 1.23. The number of aromatic amines is 1. The lowest BCUT2D eigenvalue weighted by Crippen LogP contribution is -2.41. The number of nitrogens with one attached hydrogen (secondary N) is 2. The van der Waals surface area contributed by atoms with Crippen molar-refractivity contribution in [3.05, 3.63) is 33.2 Å². The molecule has 1 unspecified atom stereocenters. The second-order valence-corrected chi connectivity index (χ2v) is 4.06. The number of hydrogen-bond acceptors (Lipinski definition) is 4. The molecule has 0 aliphatic rings. The highest BCUT2D eigenvalue weighted by Gasteiger charge is 2.20. The molecule has 0 bridgehead atoms. The molecule has 0 saturated heterocycles. The zero-order valence-corrected chi connectivity index (χ0v) is 10.8. The van der Waals surface area contributed by atoms with Crippen LogP contribution in [0.3, 0.4) is 0 Å². The summed E-state index contributed by atoms with van der Waals surface area (Å²) >= 11 is 0. The Morgan fingerprint density at radius 1 is 1.39 bits per heavy atom. The molecule has 6 heteroatoms. The maximum Gasteiger partial charge on any atom is 0.328 e. The Bertz CT molecular complexity index is 533. The van der Waals surface area contributed by atoms with Crippen molar-refractivity contribution in [3.8, 4) is 0 Å². The van der Waals surface area contributed by atoms with Gasteiger partial charge < -0.3 is 15.0 Å². The van der Waals surface area contributed by atoms with Gasteiger partial charge >= 0.3 is 5.97 Å². The van der Waals surface area contributed by atoms with Crippen LogP contribution in [0.4, 0.5) is 0 Å². The number of aryl methyl sites for hydroxylation is 2. The van der Waals surface area contributed by atoms with E-state index < -0.39 is 23.5 Å². The number of rotatable bonds is 3. The quantitative estimate of drug-likeness (QED) is 0.756. The molecular formula is C12H16N2O4. The fourth-order valence-corrected chi connectivity index (χ4v) is 1.64. The van der Waals surface area contributed by atoms with E-state index in [1.54, 1.807) is 19.9 Å². The van der Waals surface area contributed by atoms with Gasteiger partial charge in [0.2, 0.25) is 0 Å². The normalized spacial score (nSPS) is 11.8. The maximum atomic E-state index is 11.9. The highest BCUT2D eigenvalue weighted by Crippen LogP contribution is 2.03. The maximum absolute atomic E-state index is 11.9. The summed E-state index contributed by atoms with van der Waals surface area (Å²) in [5, 5.41) is 2.41. The van der Waals surface area contributed by atoms with Gasteiger partial charge in [0.1, 0.15) is 11.6 Å². The van der Waals surface area contributed by atoms with Crippen molar-refractivity contribution < 1.29 is 14.3 Å². The average molecular weight is 252 g/mol. The van der Waals surface area contributed by atoms with Gasteiger partial charge in [-0.15, -0.1) is 0 Å². The predicted octanol–water partition coefficient (Wildman–Crippen LogP) is 0.283. The molecule has 1 heterocycles. The molecule has 1 amide bonds. The summed E-state index contributed by atoms with van der Waals surface area (Å²) in [6, 6.07) is 0.890. The van der Waals surface area contributed by atoms with E-state index in [0.29, 0.717) is 11.3 Å². The lowest BCUT2D eigenvalue weighted by atomic mass is 10.1. The van der Waals surface area contributed by atoms with E-state index in [1.165, 1.54) is 14.0 Å². The molecule has 1 rings (SSSR count). The minimum absolute atomic E-state index is 0.0105. The molecule has 0 spiro atoms. The van der Waals surface area contributed by atoms with E-state index >= 15 is 0 Å². The van der Waals surface area contributed by atoms with Crippen molar-refractivity contribution in [3.63, 3.8) is 0 Å². The van der Waals surface area contributed by atoms with Crippen molar-refractivity contribution >= 4 is 11.9 Å². The molecule has 18 heavy (non-hydrogen) atoms. The first kappa shape index (κ1) is 14.0. The molecule has 0 fully saturated rings. The van der Waals surface area contributed by atoms with Crippen molar-refractivity contribution in [1.29, 1.82) is 0 Å². The Labute approximate surface area is 104 Å². The first-order valence-corrected chi connectivity index (χ1v) is 5.46. The standard InChI is InChI=1S/C12H16N2O4/c1-6-5-7(2)13-10(15)9(6)11(16)14-8(3)12(17)18-4/h5,8H,1-4H3,(H,13,15)(H,14,16). The zero-order chi connectivity index (χ0) is 13.9. The average Bonchev–Trinajstić information content (AvgIpc) is 2.26. The highest BCUT2D eigenvalue weighted by molar-refractivity contribution is 5.97. The van der Waals surface area contributed by atoms with Crippen molar-refractivity contribution in [2.45, 2.75) is 26.8 Å². The molecule has 1 aromatic heterocycles. The Morgan fingerprint density at radius 3 is 2.50 bits per heavy atom. The molecule has 0 radical (unpaired) electrons. The monoisotopic (exact) mass is 252 g/mol. The Kier molecular flexibility index (Phi) is 4.25. The minimum Gasteiger partial charge on any atom is -0.467 e. The largest absolute Gasteiger partial charge is 0.467 e. The molecule has 6 nitrogen and oxygen atoms in total. The van der Waals surface area contributed by atoms with Gasteiger partial charge in [0.25, 0.3) is 11.5 Å². The number of amides is 1. The SMILES string of the molecule is COC(=O)C(C)NC(=O)c1c(C)cc(C)[nH]c1=O. The number of hydrogen-bond donors (Lipinski definition) is 2. The van der Waals surface area contributed by atoms with Gasteiger partial charge in [-0.05, 0) is 32.4 Å². The number of H-pyrrole nitrogens is 1. The molecule has 98 valence electrons. The Morgan fingerprint density at radius 2 is 2.00 bits per heavy atom. The van der Waals surface area contributed by atoms with Crippen molar-refractivity contribution in [2.75, 3.05) is 7.11 Å². The van der Waals surface area contributed by atoms with E-state index in [2.05, 4.69) is 15.0 Å². The second-order valence-electron chi connectivity index (χ2n) is 4.06. The number of methoxy groups -OCH3 is 1. The lowest BCUT2D eigenvalue weighted by Gasteiger charge is -2.12. The first-order chi connectivity index (χ1) is 8.36. The topological polar surface area (TPSA) is 88.3 Å². The van der Waals surface area contributed by atoms with Crippen LogP contribution in [-0.4, -0.2) is 30.0 Å². The number of esters is 1. The third-order valence-corrected chi connectivity index (χ3v) is 2.49. The van der Waals surface area contributed by atoms with E-state index in [9.17, 15) is 14.4 Å². The summed E-state index contributed by atoms with van der Waals surface area (Å²) in [5.41, 5.74) is 0.777. The van der Waals surface area contributed by atoms with Crippen molar-refractivity contribution in [1.82, 2.24) is 10.3 Å². The zero-order valence-electron chi connectivity index (χ0n) is 10.8. The molecular weight excluding hydrogens is 236 g/mol. The number of carbonyl (C=O) groups is 2.